The molecule has 11 N–H and O–H groups in total. The number of aliphatic carboxylic acids is 1. The topological polar surface area (TPSA) is 338 Å². The number of allylic oxidation sites excluding steroid dienone is 2. The number of unbranched alkanes of at least 4 members (excludes halogenated alkanes) is 7. The number of carboxylic acids is 1. The van der Waals surface area contributed by atoms with Crippen molar-refractivity contribution >= 4 is 24.1 Å². The zero-order valence-corrected chi connectivity index (χ0v) is 48.0. The van der Waals surface area contributed by atoms with Crippen LogP contribution in [-0.4, -0.2) is 187 Å². The van der Waals surface area contributed by atoms with Gasteiger partial charge in [-0.2, -0.15) is 0 Å². The Labute approximate surface area is 470 Å². The second kappa shape index (κ2) is 24.7. The molecule has 4 saturated carbocycles. The van der Waals surface area contributed by atoms with Gasteiger partial charge in [-0.1, -0.05) is 91.7 Å². The third-order valence-corrected chi connectivity index (χ3v) is 21.8. The number of carbonyl (C=O) groups excluding carboxylic acids is 3. The van der Waals surface area contributed by atoms with Crippen LogP contribution in [0.4, 0.5) is 0 Å². The number of carboxylic acid groups (broad SMARTS) is 1. The fourth-order valence-electron chi connectivity index (χ4n) is 16.7. The first-order chi connectivity index (χ1) is 37.6. The molecule has 24 atom stereocenters. The highest BCUT2D eigenvalue weighted by Gasteiger charge is 2.72. The number of carbonyl (C=O) groups is 4. The Kier molecular flexibility index (Phi) is 19.5. The average Bonchev–Trinajstić information content (AvgIpc) is 3.42. The molecule has 0 aromatic rings. The van der Waals surface area contributed by atoms with Crippen LogP contribution in [0.2, 0.25) is 0 Å². The molecule has 456 valence electrons. The molecular weight excluding hydrogens is 1040 g/mol. The number of nitrogens with one attached hydrogen (secondary N) is 1. The van der Waals surface area contributed by atoms with Crippen molar-refractivity contribution in [3.63, 3.8) is 0 Å². The Morgan fingerprint density at radius 3 is 1.99 bits per heavy atom. The predicted octanol–water partition coefficient (Wildman–Crippen LogP) is 3.07. The first-order valence-electron chi connectivity index (χ1n) is 29.8. The van der Waals surface area contributed by atoms with Gasteiger partial charge in [0, 0.05) is 12.8 Å². The van der Waals surface area contributed by atoms with Crippen molar-refractivity contribution in [2.24, 2.45) is 50.2 Å². The van der Waals surface area contributed by atoms with E-state index in [0.29, 0.717) is 44.9 Å². The predicted molar refractivity (Wildman–Crippen MR) is 284 cm³/mol. The number of aliphatic hydroxyl groups is 9. The van der Waals surface area contributed by atoms with Crippen molar-refractivity contribution in [1.29, 1.82) is 0 Å². The Morgan fingerprint density at radius 2 is 1.34 bits per heavy atom. The maximum atomic E-state index is 15.7. The number of hydrogen-bond acceptors (Lipinski definition) is 19. The quantitative estimate of drug-likeness (QED) is 0.0361. The van der Waals surface area contributed by atoms with E-state index < -0.39 is 151 Å². The van der Waals surface area contributed by atoms with Crippen LogP contribution in [0.25, 0.3) is 0 Å². The lowest BCUT2D eigenvalue weighted by molar-refractivity contribution is -0.370. The summed E-state index contributed by atoms with van der Waals surface area (Å²) in [5.74, 6) is -2.57. The van der Waals surface area contributed by atoms with E-state index in [1.54, 1.807) is 0 Å². The molecule has 0 bridgehead atoms. The van der Waals surface area contributed by atoms with Crippen molar-refractivity contribution in [2.75, 3.05) is 13.2 Å². The Bertz CT molecular complexity index is 2220. The lowest BCUT2D eigenvalue weighted by Gasteiger charge is -2.71. The zero-order chi connectivity index (χ0) is 58.5. The number of amides is 1. The highest BCUT2D eigenvalue weighted by atomic mass is 16.8. The first-order valence-corrected chi connectivity index (χ1v) is 29.8. The van der Waals surface area contributed by atoms with Crippen LogP contribution in [0.1, 0.15) is 170 Å². The van der Waals surface area contributed by atoms with E-state index in [-0.39, 0.29) is 53.8 Å². The lowest BCUT2D eigenvalue weighted by Crippen LogP contribution is -2.69. The van der Waals surface area contributed by atoms with E-state index in [9.17, 15) is 60.3 Å². The number of hydrogen-bond donors (Lipinski definition) is 11. The molecule has 7 fully saturated rings. The third kappa shape index (κ3) is 11.6. The summed E-state index contributed by atoms with van der Waals surface area (Å²) in [6.07, 6.45) is -8.54. The molecule has 3 aliphatic heterocycles. The normalized spacial score (nSPS) is 47.0. The largest absolute Gasteiger partial charge is 0.481 e. The van der Waals surface area contributed by atoms with Gasteiger partial charge in [-0.3, -0.25) is 14.4 Å². The molecule has 3 heterocycles. The summed E-state index contributed by atoms with van der Waals surface area (Å²) in [5.41, 5.74) is -2.89. The van der Waals surface area contributed by atoms with Gasteiger partial charge in [0.25, 0.3) is 0 Å². The minimum Gasteiger partial charge on any atom is -0.481 e. The average molecular weight is 1140 g/mol. The second-order valence-corrected chi connectivity index (χ2v) is 27.1. The molecule has 11 unspecified atom stereocenters. The van der Waals surface area contributed by atoms with Gasteiger partial charge < -0.3 is 89.6 Å². The SMILES string of the molecule is CC1O[C@@H](OC2C(O)[C@@H](NC(=O)CCCCCCCCCCC(=O)O)C(CO)O[C@H]2OC(=O)[C@]23CCC(C)(C)CC2C2=CCC4C5(C)CC[C@H](O)[C@](C)(C=O)[C@@H]5CC[C@]4(C)[C@]2(C)C[C@@H]3O)C(O)C(O)[C@H]1O[C@@H]1OC[C@@H](O)C(O)C1O. The second-order valence-electron chi connectivity index (χ2n) is 27.1. The smallest absolute Gasteiger partial charge is 0.317 e. The van der Waals surface area contributed by atoms with Crippen LogP contribution >= 0.6 is 0 Å². The Balaban J connectivity index is 1.04. The first kappa shape index (κ1) is 63.3. The molecule has 1 amide bonds. The van der Waals surface area contributed by atoms with E-state index in [2.05, 4.69) is 46.0 Å². The van der Waals surface area contributed by atoms with Gasteiger partial charge >= 0.3 is 11.9 Å². The van der Waals surface area contributed by atoms with Crippen LogP contribution in [0, 0.1) is 50.2 Å². The van der Waals surface area contributed by atoms with Crippen LogP contribution in [0.15, 0.2) is 11.6 Å². The summed E-state index contributed by atoms with van der Waals surface area (Å²) in [7, 11) is 0. The van der Waals surface area contributed by atoms with E-state index in [4.69, 9.17) is 33.5 Å². The number of aliphatic hydroxyl groups excluding tert-OH is 9. The summed E-state index contributed by atoms with van der Waals surface area (Å²) in [6, 6.07) is -1.36. The van der Waals surface area contributed by atoms with Crippen molar-refractivity contribution in [2.45, 2.75) is 269 Å². The molecule has 21 nitrogen and oxygen atoms in total. The minimum atomic E-state index is -1.95. The molecule has 5 aliphatic carbocycles. The van der Waals surface area contributed by atoms with Gasteiger partial charge in [-0.25, -0.2) is 0 Å². The number of rotatable bonds is 20. The molecule has 0 aromatic carbocycles. The van der Waals surface area contributed by atoms with Crippen LogP contribution < -0.4 is 5.32 Å². The van der Waals surface area contributed by atoms with Crippen molar-refractivity contribution in [3.05, 3.63) is 11.6 Å². The molecule has 0 aromatic heterocycles. The molecule has 3 saturated heterocycles. The monoisotopic (exact) mass is 1140 g/mol. The molecule has 0 radical (unpaired) electrons. The van der Waals surface area contributed by atoms with Crippen molar-refractivity contribution < 1.29 is 98.7 Å². The standard InChI is InChI=1S/C59H95NO20/c1-31-48(78-50-46(72)43(69)34(63)29-75-50)45(71)47(73)51(76-31)79-49-44(70)42(60-40(66)16-14-12-10-8-9-11-13-15-17-41(67)68)35(28-61)77-52(49)80-53(74)59-25-24-54(2,3)26-33(59)32-18-19-37-55(4)22-21-38(64)56(5,30-62)36(55)20-23-57(37,6)58(32,7)27-39(59)65/h18,30-31,33-39,42-52,61,63-65,69-73H,8-17,19-29H2,1-7H3,(H,60,66)(H,67,68)/t31?,33?,34-,35?,36-,37?,38+,39+,42+,43?,44?,45?,46?,47?,48+,49?,50+,51+,52+,55?,56-,57+,58-,59-/m1/s1. The summed E-state index contributed by atoms with van der Waals surface area (Å²) in [6.45, 7) is 13.3. The van der Waals surface area contributed by atoms with Crippen LogP contribution in [-0.2, 0) is 47.6 Å². The van der Waals surface area contributed by atoms with Gasteiger partial charge in [-0.05, 0) is 117 Å². The summed E-state index contributed by atoms with van der Waals surface area (Å²) in [5, 5.41) is 113. The van der Waals surface area contributed by atoms with Gasteiger partial charge in [0.05, 0.1) is 43.0 Å². The van der Waals surface area contributed by atoms with E-state index in [0.717, 1.165) is 63.2 Å². The molecule has 8 aliphatic rings. The van der Waals surface area contributed by atoms with Crippen molar-refractivity contribution in [3.8, 4) is 0 Å². The maximum Gasteiger partial charge on any atom is 0.317 e. The van der Waals surface area contributed by atoms with E-state index in [1.807, 2.05) is 6.92 Å². The molecule has 21 heteroatoms. The highest BCUT2D eigenvalue weighted by molar-refractivity contribution is 5.80. The summed E-state index contributed by atoms with van der Waals surface area (Å²) >= 11 is 0. The number of fused-ring (bicyclic) bond motifs is 7. The number of aldehydes is 1. The fraction of sp³-hybridized carbons (Fsp3) is 0.898. The minimum absolute atomic E-state index is 0.0471. The fourth-order valence-corrected chi connectivity index (χ4v) is 16.7. The number of esters is 1. The van der Waals surface area contributed by atoms with Crippen LogP contribution in [0.5, 0.6) is 0 Å². The highest BCUT2D eigenvalue weighted by Crippen LogP contribution is 2.76. The molecule has 8 rings (SSSR count). The molecule has 80 heavy (non-hydrogen) atoms. The van der Waals surface area contributed by atoms with E-state index in [1.165, 1.54) is 6.92 Å². The summed E-state index contributed by atoms with van der Waals surface area (Å²) in [4.78, 5) is 52.9. The zero-order valence-electron chi connectivity index (χ0n) is 48.0. The lowest BCUT2D eigenvalue weighted by atomic mass is 9.33. The number of ether oxygens (including phenoxy) is 6. The Morgan fingerprint density at radius 1 is 0.700 bits per heavy atom. The third-order valence-electron chi connectivity index (χ3n) is 21.8. The molecule has 0 spiro atoms. The van der Waals surface area contributed by atoms with Gasteiger partial charge in [-0.15, -0.1) is 0 Å². The molecular formula is C59H95NO20. The maximum absolute atomic E-state index is 15.7. The van der Waals surface area contributed by atoms with Crippen LogP contribution in [0.3, 0.4) is 0 Å². The van der Waals surface area contributed by atoms with Gasteiger partial charge in [0.1, 0.15) is 60.5 Å². The summed E-state index contributed by atoms with van der Waals surface area (Å²) < 4.78 is 36.4. The van der Waals surface area contributed by atoms with E-state index >= 15 is 4.79 Å². The van der Waals surface area contributed by atoms with Crippen molar-refractivity contribution in [1.82, 2.24) is 5.32 Å². The van der Waals surface area contributed by atoms with Gasteiger partial charge in [0.15, 0.2) is 18.7 Å². The van der Waals surface area contributed by atoms with Gasteiger partial charge in [0.2, 0.25) is 12.2 Å². The Hall–Kier alpha value is -2.74.